The Bertz CT molecular complexity index is 536. The fourth-order valence-corrected chi connectivity index (χ4v) is 5.86. The van der Waals surface area contributed by atoms with Crippen molar-refractivity contribution < 1.29 is 4.79 Å². The Hall–Kier alpha value is -0.900. The van der Waals surface area contributed by atoms with E-state index in [1.165, 1.54) is 38.5 Å². The number of hydrogen-bond donors (Lipinski definition) is 1. The molecule has 0 aliphatic heterocycles. The van der Waals surface area contributed by atoms with Crippen LogP contribution in [-0.2, 0) is 4.79 Å². The van der Waals surface area contributed by atoms with Gasteiger partial charge in [0, 0.05) is 6.42 Å². The molecule has 0 spiro atoms. The van der Waals surface area contributed by atoms with Gasteiger partial charge in [0.15, 0.2) is 0 Å². The Labute approximate surface area is 134 Å². The maximum Gasteiger partial charge on any atom is 0.226 e. The molecule has 1 aromatic rings. The number of nitrogens with one attached hydrogen (secondary N) is 1. The van der Waals surface area contributed by atoms with Crippen molar-refractivity contribution in [3.63, 3.8) is 0 Å². The molecular weight excluding hydrogens is 328 g/mol. The number of rotatable bonds is 3. The molecular formula is C17H21BrN2O. The van der Waals surface area contributed by atoms with E-state index >= 15 is 0 Å². The van der Waals surface area contributed by atoms with E-state index in [0.29, 0.717) is 17.7 Å². The normalized spacial score (nSPS) is 36.7. The van der Waals surface area contributed by atoms with Crippen LogP contribution in [-0.4, -0.2) is 10.9 Å². The molecule has 4 saturated carbocycles. The molecule has 5 rings (SSSR count). The van der Waals surface area contributed by atoms with E-state index in [2.05, 4.69) is 26.2 Å². The highest BCUT2D eigenvalue weighted by Crippen LogP contribution is 2.61. The molecule has 4 bridgehead atoms. The number of halogens is 1. The van der Waals surface area contributed by atoms with E-state index in [1.807, 2.05) is 18.2 Å². The second kappa shape index (κ2) is 5.08. The summed E-state index contributed by atoms with van der Waals surface area (Å²) in [6, 6.07) is 5.62. The van der Waals surface area contributed by atoms with Gasteiger partial charge in [-0.2, -0.15) is 0 Å². The summed E-state index contributed by atoms with van der Waals surface area (Å²) in [5.41, 5.74) is 0.296. The van der Waals surface area contributed by atoms with Gasteiger partial charge in [0.2, 0.25) is 5.91 Å². The number of carbonyl (C=O) groups is 1. The summed E-state index contributed by atoms with van der Waals surface area (Å²) in [5, 5.41) is 2.98. The van der Waals surface area contributed by atoms with Crippen LogP contribution in [0.25, 0.3) is 0 Å². The monoisotopic (exact) mass is 348 g/mol. The lowest BCUT2D eigenvalue weighted by molar-refractivity contribution is -0.124. The minimum absolute atomic E-state index is 0.141. The Morgan fingerprint density at radius 1 is 1.19 bits per heavy atom. The molecule has 1 aromatic heterocycles. The van der Waals surface area contributed by atoms with E-state index in [-0.39, 0.29) is 5.91 Å². The maximum absolute atomic E-state index is 12.4. The Kier molecular flexibility index (Phi) is 3.32. The lowest BCUT2D eigenvalue weighted by Gasteiger charge is -2.56. The van der Waals surface area contributed by atoms with Crippen molar-refractivity contribution in [1.82, 2.24) is 4.98 Å². The van der Waals surface area contributed by atoms with Gasteiger partial charge < -0.3 is 5.32 Å². The zero-order valence-corrected chi connectivity index (χ0v) is 13.7. The molecule has 0 aromatic carbocycles. The highest BCUT2D eigenvalue weighted by Gasteiger charge is 2.51. The van der Waals surface area contributed by atoms with Crippen molar-refractivity contribution in [2.75, 3.05) is 5.32 Å². The highest BCUT2D eigenvalue weighted by atomic mass is 79.9. The van der Waals surface area contributed by atoms with Crippen LogP contribution >= 0.6 is 15.9 Å². The second-order valence-corrected chi connectivity index (χ2v) is 8.30. The molecule has 21 heavy (non-hydrogen) atoms. The van der Waals surface area contributed by atoms with E-state index in [9.17, 15) is 4.79 Å². The molecule has 4 aliphatic rings. The van der Waals surface area contributed by atoms with Crippen molar-refractivity contribution in [1.29, 1.82) is 0 Å². The molecule has 1 N–H and O–H groups in total. The standard InChI is InChI=1S/C17H21BrN2O/c18-14-2-1-3-15(19-14)20-16(21)10-17-7-11-4-12(8-17)6-13(5-11)9-17/h1-3,11-13H,4-10H2,(H,19,20,21). The lowest BCUT2D eigenvalue weighted by atomic mass is 9.49. The number of amides is 1. The number of nitrogens with zero attached hydrogens (tertiary/aromatic N) is 1. The van der Waals surface area contributed by atoms with Gasteiger partial charge in [-0.15, -0.1) is 0 Å². The van der Waals surface area contributed by atoms with Crippen molar-refractivity contribution >= 4 is 27.7 Å². The van der Waals surface area contributed by atoms with Crippen LogP contribution in [0, 0.1) is 23.2 Å². The molecule has 4 fully saturated rings. The molecule has 4 aliphatic carbocycles. The van der Waals surface area contributed by atoms with Crippen LogP contribution in [0.2, 0.25) is 0 Å². The number of pyridine rings is 1. The van der Waals surface area contributed by atoms with E-state index in [0.717, 1.165) is 22.4 Å². The van der Waals surface area contributed by atoms with Gasteiger partial charge in [0.1, 0.15) is 10.4 Å². The molecule has 3 nitrogen and oxygen atoms in total. The molecule has 112 valence electrons. The average Bonchev–Trinajstić information content (AvgIpc) is 2.35. The number of aromatic nitrogens is 1. The van der Waals surface area contributed by atoms with Crippen molar-refractivity contribution in [2.24, 2.45) is 23.2 Å². The van der Waals surface area contributed by atoms with Crippen molar-refractivity contribution in [3.8, 4) is 0 Å². The fraction of sp³-hybridized carbons (Fsp3) is 0.647. The van der Waals surface area contributed by atoms with E-state index in [4.69, 9.17) is 0 Å². The first kappa shape index (κ1) is 13.7. The Morgan fingerprint density at radius 3 is 2.38 bits per heavy atom. The van der Waals surface area contributed by atoms with E-state index in [1.54, 1.807) is 0 Å². The molecule has 1 heterocycles. The fourth-order valence-electron chi connectivity index (χ4n) is 5.51. The molecule has 0 saturated heterocycles. The van der Waals surface area contributed by atoms with Crippen LogP contribution < -0.4 is 5.32 Å². The Balaban J connectivity index is 1.45. The summed E-state index contributed by atoms with van der Waals surface area (Å²) in [6.45, 7) is 0. The third kappa shape index (κ3) is 2.75. The summed E-state index contributed by atoms with van der Waals surface area (Å²) in [7, 11) is 0. The first-order valence-corrected chi connectivity index (χ1v) is 8.82. The van der Waals surface area contributed by atoms with Gasteiger partial charge in [0.25, 0.3) is 0 Å². The number of hydrogen-bond acceptors (Lipinski definition) is 2. The molecule has 4 heteroatoms. The van der Waals surface area contributed by atoms with Gasteiger partial charge >= 0.3 is 0 Å². The largest absolute Gasteiger partial charge is 0.311 e. The van der Waals surface area contributed by atoms with E-state index < -0.39 is 0 Å². The number of carbonyl (C=O) groups excluding carboxylic acids is 1. The third-order valence-electron chi connectivity index (χ3n) is 5.68. The number of anilines is 1. The van der Waals surface area contributed by atoms with Crippen molar-refractivity contribution in [2.45, 2.75) is 44.9 Å². The minimum Gasteiger partial charge on any atom is -0.311 e. The predicted molar refractivity (Wildman–Crippen MR) is 85.8 cm³/mol. The van der Waals surface area contributed by atoms with Crippen LogP contribution in [0.15, 0.2) is 22.8 Å². The average molecular weight is 349 g/mol. The molecule has 0 unspecified atom stereocenters. The van der Waals surface area contributed by atoms with Crippen molar-refractivity contribution in [3.05, 3.63) is 22.8 Å². The summed E-state index contributed by atoms with van der Waals surface area (Å²) in [6.07, 6.45) is 8.79. The van der Waals surface area contributed by atoms with Gasteiger partial charge in [-0.25, -0.2) is 4.98 Å². The van der Waals surface area contributed by atoms with Gasteiger partial charge in [-0.1, -0.05) is 6.07 Å². The smallest absolute Gasteiger partial charge is 0.226 e. The van der Waals surface area contributed by atoms with Crippen LogP contribution in [0.1, 0.15) is 44.9 Å². The SMILES string of the molecule is O=C(CC12CC3CC(CC(C3)C1)C2)Nc1cccc(Br)n1. The Morgan fingerprint density at radius 2 is 1.81 bits per heavy atom. The summed E-state index contributed by atoms with van der Waals surface area (Å²) >= 11 is 3.34. The summed E-state index contributed by atoms with van der Waals surface area (Å²) in [4.78, 5) is 16.7. The molecule has 1 amide bonds. The molecule has 0 radical (unpaired) electrons. The van der Waals surface area contributed by atoms with Crippen LogP contribution in [0.3, 0.4) is 0 Å². The first-order valence-electron chi connectivity index (χ1n) is 8.03. The summed E-state index contributed by atoms with van der Waals surface area (Å²) in [5.74, 6) is 3.48. The summed E-state index contributed by atoms with van der Waals surface area (Å²) < 4.78 is 0.759. The van der Waals surface area contributed by atoms with Gasteiger partial charge in [-0.3, -0.25) is 4.79 Å². The van der Waals surface area contributed by atoms with Crippen LogP contribution in [0.4, 0.5) is 5.82 Å². The minimum atomic E-state index is 0.141. The second-order valence-electron chi connectivity index (χ2n) is 7.49. The first-order chi connectivity index (χ1) is 10.1. The molecule has 0 atom stereocenters. The zero-order valence-electron chi connectivity index (χ0n) is 12.1. The predicted octanol–water partition coefficient (Wildman–Crippen LogP) is 4.39. The highest BCUT2D eigenvalue weighted by molar-refractivity contribution is 9.10. The lowest BCUT2D eigenvalue weighted by Crippen LogP contribution is -2.47. The maximum atomic E-state index is 12.4. The third-order valence-corrected chi connectivity index (χ3v) is 6.12. The zero-order chi connectivity index (χ0) is 14.4. The topological polar surface area (TPSA) is 42.0 Å². The van der Waals surface area contributed by atoms with Crippen LogP contribution in [0.5, 0.6) is 0 Å². The quantitative estimate of drug-likeness (QED) is 0.823. The van der Waals surface area contributed by atoms with Gasteiger partial charge in [-0.05, 0) is 89.8 Å². The van der Waals surface area contributed by atoms with Gasteiger partial charge in [0.05, 0.1) is 0 Å².